The van der Waals surface area contributed by atoms with Gasteiger partial charge in [-0.2, -0.15) is 0 Å². The van der Waals surface area contributed by atoms with Crippen LogP contribution in [0.5, 0.6) is 0 Å². The molecule has 1 aromatic carbocycles. The van der Waals surface area contributed by atoms with Gasteiger partial charge < -0.3 is 14.6 Å². The van der Waals surface area contributed by atoms with Gasteiger partial charge in [0.1, 0.15) is 22.9 Å². The largest absolute Gasteiger partial charge is 0.381 e. The number of hydrogen-bond acceptors (Lipinski definition) is 7. The number of pyridine rings is 1. The topological polar surface area (TPSA) is 81.0 Å². The standard InChI is InChI=1S/C29H33F2N7O/c1-17(2)38-19(4)34-27-22(30)11-21(12-24(27)38)26-23(31)14-33-28(36-26)35-25-6-5-20(13-32-25)18(3)37-9-7-29(15-37)8-10-39-16-29/h5-6,11-14,17-18H,7-10,15-16H2,1-4H3,(H,32,33,35,36). The van der Waals surface area contributed by atoms with E-state index in [0.29, 0.717) is 28.1 Å². The fourth-order valence-electron chi connectivity index (χ4n) is 6.01. The number of fused-ring (bicyclic) bond motifs is 1. The zero-order valence-electron chi connectivity index (χ0n) is 22.7. The van der Waals surface area contributed by atoms with E-state index in [4.69, 9.17) is 4.74 Å². The first-order valence-corrected chi connectivity index (χ1v) is 13.5. The van der Waals surface area contributed by atoms with Crippen LogP contribution in [0.1, 0.15) is 57.1 Å². The third kappa shape index (κ3) is 4.76. The number of benzene rings is 1. The quantitative estimate of drug-likeness (QED) is 0.327. The highest BCUT2D eigenvalue weighted by molar-refractivity contribution is 5.83. The molecule has 2 atom stereocenters. The molecular formula is C29H33F2N7O. The van der Waals surface area contributed by atoms with Crippen molar-refractivity contribution in [2.24, 2.45) is 5.41 Å². The normalized spacial score (nSPS) is 20.5. The van der Waals surface area contributed by atoms with E-state index in [-0.39, 0.29) is 29.2 Å². The number of hydrogen-bond donors (Lipinski definition) is 1. The summed E-state index contributed by atoms with van der Waals surface area (Å²) < 4.78 is 37.5. The summed E-state index contributed by atoms with van der Waals surface area (Å²) in [5.41, 5.74) is 2.61. The molecule has 2 saturated heterocycles. The number of rotatable bonds is 6. The number of aromatic nitrogens is 5. The van der Waals surface area contributed by atoms with Crippen molar-refractivity contribution in [1.29, 1.82) is 0 Å². The molecule has 2 aliphatic heterocycles. The molecule has 0 saturated carbocycles. The Morgan fingerprint density at radius 2 is 1.87 bits per heavy atom. The molecule has 8 nitrogen and oxygen atoms in total. The van der Waals surface area contributed by atoms with E-state index in [0.717, 1.165) is 44.5 Å². The number of nitrogens with zero attached hydrogens (tertiary/aromatic N) is 6. The first-order valence-electron chi connectivity index (χ1n) is 13.5. The van der Waals surface area contributed by atoms with Crippen molar-refractivity contribution in [3.8, 4) is 11.3 Å². The molecule has 4 aromatic rings. The Kier molecular flexibility index (Phi) is 6.55. The van der Waals surface area contributed by atoms with E-state index in [1.165, 1.54) is 12.5 Å². The molecule has 0 amide bonds. The van der Waals surface area contributed by atoms with Crippen LogP contribution in [0.4, 0.5) is 20.5 Å². The van der Waals surface area contributed by atoms with Crippen molar-refractivity contribution in [3.63, 3.8) is 0 Å². The van der Waals surface area contributed by atoms with Crippen LogP contribution < -0.4 is 5.32 Å². The molecule has 204 valence electrons. The van der Waals surface area contributed by atoms with Crippen LogP contribution in [0.25, 0.3) is 22.3 Å². The number of likely N-dealkylation sites (tertiary alicyclic amines) is 1. The van der Waals surface area contributed by atoms with Gasteiger partial charge in [-0.25, -0.2) is 28.7 Å². The molecule has 3 aromatic heterocycles. The van der Waals surface area contributed by atoms with Gasteiger partial charge >= 0.3 is 0 Å². The number of nitrogens with one attached hydrogen (secondary N) is 1. The lowest BCUT2D eigenvalue weighted by molar-refractivity contribution is 0.146. The molecule has 0 bridgehead atoms. The number of aryl methyl sites for hydroxylation is 1. The van der Waals surface area contributed by atoms with E-state index < -0.39 is 11.6 Å². The SMILES string of the molecule is Cc1nc2c(F)cc(-c3nc(Nc4ccc(C(C)N5CCC6(CCOC6)C5)cn4)ncc3F)cc2n1C(C)C. The number of imidazole rings is 1. The van der Waals surface area contributed by atoms with E-state index in [2.05, 4.69) is 37.1 Å². The molecule has 5 heterocycles. The summed E-state index contributed by atoms with van der Waals surface area (Å²) in [6, 6.07) is 7.22. The van der Waals surface area contributed by atoms with Gasteiger partial charge in [0, 0.05) is 42.4 Å². The summed E-state index contributed by atoms with van der Waals surface area (Å²) in [6.45, 7) is 11.9. The maximum atomic E-state index is 15.0. The van der Waals surface area contributed by atoms with Crippen molar-refractivity contribution in [3.05, 3.63) is 59.7 Å². The van der Waals surface area contributed by atoms with Gasteiger partial charge in [0.05, 0.1) is 18.3 Å². The van der Waals surface area contributed by atoms with Crippen molar-refractivity contribution in [2.45, 2.75) is 52.6 Å². The predicted molar refractivity (Wildman–Crippen MR) is 146 cm³/mol. The minimum Gasteiger partial charge on any atom is -0.381 e. The Labute approximate surface area is 226 Å². The second-order valence-corrected chi connectivity index (χ2v) is 11.1. The lowest BCUT2D eigenvalue weighted by Crippen LogP contribution is -2.29. The fourth-order valence-corrected chi connectivity index (χ4v) is 6.01. The highest BCUT2D eigenvalue weighted by Gasteiger charge is 2.42. The molecular weight excluding hydrogens is 500 g/mol. The van der Waals surface area contributed by atoms with Crippen molar-refractivity contribution in [2.75, 3.05) is 31.6 Å². The van der Waals surface area contributed by atoms with Crippen LogP contribution in [0.3, 0.4) is 0 Å². The first-order chi connectivity index (χ1) is 18.7. The minimum absolute atomic E-state index is 0.00607. The highest BCUT2D eigenvalue weighted by atomic mass is 19.1. The van der Waals surface area contributed by atoms with E-state index in [9.17, 15) is 8.78 Å². The first kappa shape index (κ1) is 25.8. The van der Waals surface area contributed by atoms with Gasteiger partial charge in [-0.05, 0) is 70.8 Å². The molecule has 0 aliphatic carbocycles. The number of anilines is 2. The molecule has 2 fully saturated rings. The molecule has 1 spiro atoms. The van der Waals surface area contributed by atoms with Crippen LogP contribution in [0.2, 0.25) is 0 Å². The summed E-state index contributed by atoms with van der Waals surface area (Å²) in [5, 5.41) is 3.06. The number of ether oxygens (including phenoxy) is 1. The molecule has 39 heavy (non-hydrogen) atoms. The monoisotopic (exact) mass is 533 g/mol. The van der Waals surface area contributed by atoms with E-state index >= 15 is 0 Å². The minimum atomic E-state index is -0.639. The molecule has 6 rings (SSSR count). The van der Waals surface area contributed by atoms with Crippen molar-refractivity contribution >= 4 is 22.8 Å². The van der Waals surface area contributed by atoms with Crippen LogP contribution >= 0.6 is 0 Å². The average molecular weight is 534 g/mol. The Morgan fingerprint density at radius 1 is 1.03 bits per heavy atom. The van der Waals surface area contributed by atoms with Gasteiger partial charge in [0.25, 0.3) is 0 Å². The Morgan fingerprint density at radius 3 is 2.59 bits per heavy atom. The van der Waals surface area contributed by atoms with Gasteiger partial charge in [0.15, 0.2) is 11.6 Å². The molecule has 0 radical (unpaired) electrons. The number of halogens is 2. The summed E-state index contributed by atoms with van der Waals surface area (Å²) in [5.74, 6) is 0.257. The van der Waals surface area contributed by atoms with Gasteiger partial charge in [-0.3, -0.25) is 4.90 Å². The van der Waals surface area contributed by atoms with Crippen LogP contribution in [-0.2, 0) is 4.74 Å². The third-order valence-electron chi connectivity index (χ3n) is 8.17. The van der Waals surface area contributed by atoms with Gasteiger partial charge in [-0.1, -0.05) is 6.07 Å². The van der Waals surface area contributed by atoms with Crippen molar-refractivity contribution < 1.29 is 13.5 Å². The second kappa shape index (κ2) is 9.91. The molecule has 1 N–H and O–H groups in total. The second-order valence-electron chi connectivity index (χ2n) is 11.1. The van der Waals surface area contributed by atoms with Crippen LogP contribution in [-0.4, -0.2) is 55.7 Å². The Hall–Kier alpha value is -3.50. The maximum Gasteiger partial charge on any atom is 0.229 e. The van der Waals surface area contributed by atoms with Crippen LogP contribution in [0.15, 0.2) is 36.7 Å². The zero-order chi connectivity index (χ0) is 27.3. The van der Waals surface area contributed by atoms with Gasteiger partial charge in [0.2, 0.25) is 5.95 Å². The van der Waals surface area contributed by atoms with Crippen molar-refractivity contribution in [1.82, 2.24) is 29.4 Å². The Balaban J connectivity index is 1.22. The average Bonchev–Trinajstić information content (AvgIpc) is 3.64. The molecule has 2 aliphatic rings. The Bertz CT molecular complexity index is 1510. The van der Waals surface area contributed by atoms with E-state index in [1.807, 2.05) is 43.7 Å². The summed E-state index contributed by atoms with van der Waals surface area (Å²) in [7, 11) is 0. The predicted octanol–water partition coefficient (Wildman–Crippen LogP) is 5.97. The third-order valence-corrected chi connectivity index (χ3v) is 8.17. The van der Waals surface area contributed by atoms with Crippen LogP contribution in [0, 0.1) is 24.0 Å². The summed E-state index contributed by atoms with van der Waals surface area (Å²) >= 11 is 0. The van der Waals surface area contributed by atoms with E-state index in [1.54, 1.807) is 6.07 Å². The smallest absolute Gasteiger partial charge is 0.229 e. The van der Waals surface area contributed by atoms with Gasteiger partial charge in [-0.15, -0.1) is 0 Å². The highest BCUT2D eigenvalue weighted by Crippen LogP contribution is 2.41. The lowest BCUT2D eigenvalue weighted by atomic mass is 9.87. The molecule has 2 unspecified atom stereocenters. The molecule has 10 heteroatoms. The summed E-state index contributed by atoms with van der Waals surface area (Å²) in [4.78, 5) is 19.9. The maximum absolute atomic E-state index is 15.0. The lowest BCUT2D eigenvalue weighted by Gasteiger charge is -2.27. The zero-order valence-corrected chi connectivity index (χ0v) is 22.7. The fraction of sp³-hybridized carbons (Fsp3) is 0.448. The summed E-state index contributed by atoms with van der Waals surface area (Å²) in [6.07, 6.45) is 5.25.